The van der Waals surface area contributed by atoms with Crippen LogP contribution in [0.15, 0.2) is 10.5 Å². The van der Waals surface area contributed by atoms with Crippen molar-refractivity contribution in [2.24, 2.45) is 0 Å². The van der Waals surface area contributed by atoms with Gasteiger partial charge in [0, 0.05) is 17.6 Å². The van der Waals surface area contributed by atoms with Gasteiger partial charge in [-0.05, 0) is 46.9 Å². The molecule has 3 heteroatoms. The second-order valence-corrected chi connectivity index (χ2v) is 5.86. The first-order valence-corrected chi connectivity index (χ1v) is 6.91. The van der Waals surface area contributed by atoms with Gasteiger partial charge in [-0.25, -0.2) is 0 Å². The van der Waals surface area contributed by atoms with Crippen LogP contribution in [0, 0.1) is 6.92 Å². The third-order valence-electron chi connectivity index (χ3n) is 3.15. The molecular formula is C15H28N2O. The minimum atomic E-state index is 0.125. The molecule has 0 atom stereocenters. The van der Waals surface area contributed by atoms with E-state index in [1.807, 2.05) is 0 Å². The van der Waals surface area contributed by atoms with Gasteiger partial charge >= 0.3 is 0 Å². The fraction of sp³-hybridized carbons (Fsp3) is 0.733. The standard InChI is InChI=1S/C15H28N2O/c1-7-17(8-2)11-13-9-14(18-12(13)3)10-16-15(4,5)6/h9,16H,7-8,10-11H2,1-6H3. The lowest BCUT2D eigenvalue weighted by Gasteiger charge is -2.19. The Bertz CT molecular complexity index is 359. The number of hydrogen-bond acceptors (Lipinski definition) is 3. The maximum Gasteiger partial charge on any atom is 0.118 e. The first kappa shape index (κ1) is 15.3. The van der Waals surface area contributed by atoms with Gasteiger partial charge in [0.1, 0.15) is 11.5 Å². The number of hydrogen-bond donors (Lipinski definition) is 1. The lowest BCUT2D eigenvalue weighted by atomic mass is 10.1. The summed E-state index contributed by atoms with van der Waals surface area (Å²) in [4.78, 5) is 2.40. The summed E-state index contributed by atoms with van der Waals surface area (Å²) < 4.78 is 5.81. The highest BCUT2D eigenvalue weighted by atomic mass is 16.3. The molecule has 18 heavy (non-hydrogen) atoms. The molecule has 0 fully saturated rings. The smallest absolute Gasteiger partial charge is 0.118 e. The minimum absolute atomic E-state index is 0.125. The predicted molar refractivity (Wildman–Crippen MR) is 76.7 cm³/mol. The largest absolute Gasteiger partial charge is 0.465 e. The van der Waals surface area contributed by atoms with Crippen LogP contribution in [0.2, 0.25) is 0 Å². The van der Waals surface area contributed by atoms with E-state index in [2.05, 4.69) is 57.8 Å². The number of aryl methyl sites for hydroxylation is 1. The second-order valence-electron chi connectivity index (χ2n) is 5.86. The van der Waals surface area contributed by atoms with E-state index in [4.69, 9.17) is 4.42 Å². The predicted octanol–water partition coefficient (Wildman–Crippen LogP) is 3.32. The topological polar surface area (TPSA) is 28.4 Å². The normalized spacial score (nSPS) is 12.4. The molecule has 0 aliphatic carbocycles. The van der Waals surface area contributed by atoms with Gasteiger partial charge in [0.25, 0.3) is 0 Å². The number of nitrogens with zero attached hydrogens (tertiary/aromatic N) is 1. The van der Waals surface area contributed by atoms with Crippen LogP contribution in [0.5, 0.6) is 0 Å². The summed E-state index contributed by atoms with van der Waals surface area (Å²) in [5, 5.41) is 3.45. The molecule has 0 spiro atoms. The summed E-state index contributed by atoms with van der Waals surface area (Å²) in [6.07, 6.45) is 0. The van der Waals surface area contributed by atoms with Gasteiger partial charge < -0.3 is 9.73 Å². The molecule has 0 bridgehead atoms. The maximum atomic E-state index is 5.81. The van der Waals surface area contributed by atoms with E-state index in [1.54, 1.807) is 0 Å². The molecule has 0 aromatic carbocycles. The quantitative estimate of drug-likeness (QED) is 0.842. The van der Waals surface area contributed by atoms with Crippen molar-refractivity contribution < 1.29 is 4.42 Å². The molecule has 1 aromatic rings. The Balaban J connectivity index is 2.64. The van der Waals surface area contributed by atoms with Crippen molar-refractivity contribution in [3.05, 3.63) is 23.2 Å². The zero-order valence-electron chi connectivity index (χ0n) is 12.8. The molecule has 0 unspecified atom stereocenters. The van der Waals surface area contributed by atoms with Crippen LogP contribution in [-0.2, 0) is 13.1 Å². The third-order valence-corrected chi connectivity index (χ3v) is 3.15. The molecular weight excluding hydrogens is 224 g/mol. The SMILES string of the molecule is CCN(CC)Cc1cc(CNC(C)(C)C)oc1C. The molecule has 0 radical (unpaired) electrons. The van der Waals surface area contributed by atoms with E-state index < -0.39 is 0 Å². The van der Waals surface area contributed by atoms with E-state index in [0.717, 1.165) is 37.7 Å². The average molecular weight is 252 g/mol. The van der Waals surface area contributed by atoms with E-state index in [1.165, 1.54) is 5.56 Å². The van der Waals surface area contributed by atoms with Gasteiger partial charge in [-0.15, -0.1) is 0 Å². The van der Waals surface area contributed by atoms with Crippen LogP contribution in [0.25, 0.3) is 0 Å². The van der Waals surface area contributed by atoms with Gasteiger partial charge in [0.2, 0.25) is 0 Å². The van der Waals surface area contributed by atoms with Crippen molar-refractivity contribution in [3.8, 4) is 0 Å². The Morgan fingerprint density at radius 3 is 2.33 bits per heavy atom. The lowest BCUT2D eigenvalue weighted by Crippen LogP contribution is -2.34. The van der Waals surface area contributed by atoms with Crippen molar-refractivity contribution in [3.63, 3.8) is 0 Å². The highest BCUT2D eigenvalue weighted by Crippen LogP contribution is 2.17. The zero-order valence-corrected chi connectivity index (χ0v) is 12.8. The van der Waals surface area contributed by atoms with E-state index in [-0.39, 0.29) is 5.54 Å². The molecule has 0 amide bonds. The van der Waals surface area contributed by atoms with Crippen LogP contribution < -0.4 is 5.32 Å². The van der Waals surface area contributed by atoms with Gasteiger partial charge in [-0.3, -0.25) is 4.90 Å². The van der Waals surface area contributed by atoms with Gasteiger partial charge in [-0.1, -0.05) is 13.8 Å². The molecule has 1 aromatic heterocycles. The summed E-state index contributed by atoms with van der Waals surface area (Å²) in [5.74, 6) is 2.08. The van der Waals surface area contributed by atoms with Crippen LogP contribution in [0.3, 0.4) is 0 Å². The van der Waals surface area contributed by atoms with Crippen LogP contribution in [0.1, 0.15) is 51.7 Å². The van der Waals surface area contributed by atoms with Crippen molar-refractivity contribution in [1.29, 1.82) is 0 Å². The van der Waals surface area contributed by atoms with Gasteiger partial charge in [-0.2, -0.15) is 0 Å². The molecule has 0 aliphatic heterocycles. The maximum absolute atomic E-state index is 5.81. The summed E-state index contributed by atoms with van der Waals surface area (Å²) >= 11 is 0. The first-order valence-electron chi connectivity index (χ1n) is 6.91. The highest BCUT2D eigenvalue weighted by molar-refractivity contribution is 5.20. The molecule has 3 nitrogen and oxygen atoms in total. The first-order chi connectivity index (χ1) is 8.35. The molecule has 1 rings (SSSR count). The molecule has 1 heterocycles. The molecule has 1 N–H and O–H groups in total. The van der Waals surface area contributed by atoms with Crippen molar-refractivity contribution >= 4 is 0 Å². The Kier molecular flexibility index (Phi) is 5.42. The molecule has 0 saturated heterocycles. The fourth-order valence-electron chi connectivity index (χ4n) is 1.87. The Morgan fingerprint density at radius 1 is 1.22 bits per heavy atom. The van der Waals surface area contributed by atoms with E-state index in [0.29, 0.717) is 0 Å². The van der Waals surface area contributed by atoms with Gasteiger partial charge in [0.05, 0.1) is 6.54 Å². The van der Waals surface area contributed by atoms with E-state index >= 15 is 0 Å². The van der Waals surface area contributed by atoms with Gasteiger partial charge in [0.15, 0.2) is 0 Å². The van der Waals surface area contributed by atoms with Crippen LogP contribution >= 0.6 is 0 Å². The zero-order chi connectivity index (χ0) is 13.8. The molecule has 104 valence electrons. The molecule has 0 aliphatic rings. The monoisotopic (exact) mass is 252 g/mol. The summed E-state index contributed by atoms with van der Waals surface area (Å²) in [7, 11) is 0. The Morgan fingerprint density at radius 2 is 1.83 bits per heavy atom. The van der Waals surface area contributed by atoms with Crippen molar-refractivity contribution in [2.45, 2.75) is 60.2 Å². The van der Waals surface area contributed by atoms with Crippen LogP contribution in [0.4, 0.5) is 0 Å². The number of rotatable bonds is 6. The number of nitrogens with one attached hydrogen (secondary N) is 1. The average Bonchev–Trinajstić information content (AvgIpc) is 2.63. The Hall–Kier alpha value is -0.800. The fourth-order valence-corrected chi connectivity index (χ4v) is 1.87. The summed E-state index contributed by atoms with van der Waals surface area (Å²) in [5.41, 5.74) is 1.43. The summed E-state index contributed by atoms with van der Waals surface area (Å²) in [6, 6.07) is 2.19. The number of furan rings is 1. The second kappa shape index (κ2) is 6.39. The third kappa shape index (κ3) is 4.83. The molecule has 0 saturated carbocycles. The highest BCUT2D eigenvalue weighted by Gasteiger charge is 2.13. The van der Waals surface area contributed by atoms with Crippen LogP contribution in [-0.4, -0.2) is 23.5 Å². The van der Waals surface area contributed by atoms with Crippen molar-refractivity contribution in [2.75, 3.05) is 13.1 Å². The Labute approximate surface area is 112 Å². The van der Waals surface area contributed by atoms with Crippen molar-refractivity contribution in [1.82, 2.24) is 10.2 Å². The minimum Gasteiger partial charge on any atom is -0.465 e. The summed E-state index contributed by atoms with van der Waals surface area (Å²) in [6.45, 7) is 16.9. The lowest BCUT2D eigenvalue weighted by molar-refractivity contribution is 0.293. The van der Waals surface area contributed by atoms with E-state index in [9.17, 15) is 0 Å².